The summed E-state index contributed by atoms with van der Waals surface area (Å²) in [7, 11) is 0. The van der Waals surface area contributed by atoms with E-state index in [9.17, 15) is 9.59 Å². The average molecular weight is 325 g/mol. The molecule has 1 fully saturated rings. The minimum absolute atomic E-state index is 0.133. The lowest BCUT2D eigenvalue weighted by Gasteiger charge is -2.29. The maximum Gasteiger partial charge on any atom is 0.411 e. The van der Waals surface area contributed by atoms with Crippen LogP contribution in [-0.2, 0) is 19.0 Å². The zero-order valence-electron chi connectivity index (χ0n) is 14.8. The van der Waals surface area contributed by atoms with Crippen molar-refractivity contribution >= 4 is 12.1 Å². The fourth-order valence-corrected chi connectivity index (χ4v) is 2.20. The minimum atomic E-state index is -0.730. The van der Waals surface area contributed by atoms with Gasteiger partial charge in [-0.05, 0) is 41.5 Å². The van der Waals surface area contributed by atoms with E-state index in [0.717, 1.165) is 0 Å². The molecule has 1 saturated heterocycles. The van der Waals surface area contributed by atoms with Gasteiger partial charge >= 0.3 is 12.1 Å². The van der Waals surface area contributed by atoms with Crippen molar-refractivity contribution in [2.24, 2.45) is 0 Å². The van der Waals surface area contributed by atoms with Crippen LogP contribution in [0.3, 0.4) is 0 Å². The van der Waals surface area contributed by atoms with Gasteiger partial charge < -0.3 is 14.2 Å². The first kappa shape index (κ1) is 19.3. The number of hydrogen-bond donors (Lipinski definition) is 0. The molecule has 0 saturated carbocycles. The lowest BCUT2D eigenvalue weighted by Crippen LogP contribution is -2.45. The van der Waals surface area contributed by atoms with Crippen molar-refractivity contribution in [3.63, 3.8) is 0 Å². The Kier molecular flexibility index (Phi) is 6.06. The van der Waals surface area contributed by atoms with Crippen LogP contribution in [0.15, 0.2) is 0 Å². The van der Waals surface area contributed by atoms with Crippen LogP contribution in [-0.4, -0.2) is 53.5 Å². The molecular formula is C17H27NO5. The second kappa shape index (κ2) is 7.22. The smallest absolute Gasteiger partial charge is 0.411 e. The van der Waals surface area contributed by atoms with E-state index in [0.29, 0.717) is 6.42 Å². The molecule has 1 heterocycles. The summed E-state index contributed by atoms with van der Waals surface area (Å²) in [5.74, 6) is 1.92. The second-order valence-corrected chi connectivity index (χ2v) is 7.55. The Morgan fingerprint density at radius 1 is 1.13 bits per heavy atom. The summed E-state index contributed by atoms with van der Waals surface area (Å²) >= 11 is 0. The summed E-state index contributed by atoms with van der Waals surface area (Å²) in [6.07, 6.45) is 4.67. The predicted octanol–water partition coefficient (Wildman–Crippen LogP) is 2.36. The summed E-state index contributed by atoms with van der Waals surface area (Å²) in [4.78, 5) is 26.1. The van der Waals surface area contributed by atoms with Crippen LogP contribution in [0.5, 0.6) is 0 Å². The number of hydrogen-bond acceptors (Lipinski definition) is 5. The molecule has 130 valence electrons. The van der Waals surface area contributed by atoms with Crippen molar-refractivity contribution in [1.29, 1.82) is 0 Å². The number of carbonyl (C=O) groups is 2. The van der Waals surface area contributed by atoms with Gasteiger partial charge in [0.1, 0.15) is 23.9 Å². The van der Waals surface area contributed by atoms with Gasteiger partial charge in [0, 0.05) is 6.42 Å². The standard InChI is InChI=1S/C17H27NO5/c1-8-9-21-12-10-13(14(19)22-16(2,3)4)18(11-12)15(20)23-17(5,6)7/h1,12-13H,9-11H2,2-7H3. The van der Waals surface area contributed by atoms with Crippen molar-refractivity contribution in [3.05, 3.63) is 0 Å². The summed E-state index contributed by atoms with van der Waals surface area (Å²) in [5, 5.41) is 0. The van der Waals surface area contributed by atoms with Crippen LogP contribution < -0.4 is 0 Å². The number of terminal acetylenes is 1. The minimum Gasteiger partial charge on any atom is -0.458 e. The van der Waals surface area contributed by atoms with Gasteiger partial charge in [0.25, 0.3) is 0 Å². The number of rotatable bonds is 3. The van der Waals surface area contributed by atoms with Crippen LogP contribution in [0, 0.1) is 12.3 Å². The maximum absolute atomic E-state index is 12.4. The fourth-order valence-electron chi connectivity index (χ4n) is 2.20. The monoisotopic (exact) mass is 325 g/mol. The molecule has 6 nitrogen and oxygen atoms in total. The molecule has 23 heavy (non-hydrogen) atoms. The fraction of sp³-hybridized carbons (Fsp3) is 0.765. The lowest BCUT2D eigenvalue weighted by atomic mass is 10.1. The van der Waals surface area contributed by atoms with Crippen molar-refractivity contribution in [2.75, 3.05) is 13.2 Å². The summed E-state index contributed by atoms with van der Waals surface area (Å²) in [6, 6.07) is -0.730. The molecule has 0 aromatic rings. The molecule has 0 radical (unpaired) electrons. The van der Waals surface area contributed by atoms with E-state index < -0.39 is 29.3 Å². The normalized spacial score (nSPS) is 21.7. The maximum atomic E-state index is 12.4. The van der Waals surface area contributed by atoms with Crippen molar-refractivity contribution in [3.8, 4) is 12.3 Å². The summed E-state index contributed by atoms with van der Waals surface area (Å²) < 4.78 is 16.2. The van der Waals surface area contributed by atoms with Gasteiger partial charge in [-0.2, -0.15) is 0 Å². The van der Waals surface area contributed by atoms with Crippen molar-refractivity contribution in [2.45, 2.75) is 71.3 Å². The Labute approximate surface area is 138 Å². The molecule has 0 N–H and O–H groups in total. The summed E-state index contributed by atoms with van der Waals surface area (Å²) in [5.41, 5.74) is -1.28. The molecule has 2 unspecified atom stereocenters. The predicted molar refractivity (Wildman–Crippen MR) is 85.8 cm³/mol. The van der Waals surface area contributed by atoms with Gasteiger partial charge in [0.15, 0.2) is 0 Å². The average Bonchev–Trinajstić information content (AvgIpc) is 2.76. The number of likely N-dealkylation sites (tertiary alicyclic amines) is 1. The second-order valence-electron chi connectivity index (χ2n) is 7.55. The topological polar surface area (TPSA) is 65.1 Å². The molecule has 1 rings (SSSR count). The Morgan fingerprint density at radius 2 is 1.70 bits per heavy atom. The van der Waals surface area contributed by atoms with Crippen LogP contribution >= 0.6 is 0 Å². The lowest BCUT2D eigenvalue weighted by molar-refractivity contribution is -0.160. The van der Waals surface area contributed by atoms with Crippen LogP contribution in [0.2, 0.25) is 0 Å². The zero-order valence-corrected chi connectivity index (χ0v) is 14.8. The highest BCUT2D eigenvalue weighted by Crippen LogP contribution is 2.25. The van der Waals surface area contributed by atoms with Crippen LogP contribution in [0.25, 0.3) is 0 Å². The van der Waals surface area contributed by atoms with E-state index >= 15 is 0 Å². The van der Waals surface area contributed by atoms with E-state index in [1.807, 2.05) is 0 Å². The van der Waals surface area contributed by atoms with E-state index in [-0.39, 0.29) is 19.3 Å². The number of carbonyl (C=O) groups excluding carboxylic acids is 2. The molecule has 0 aliphatic carbocycles. The molecule has 2 atom stereocenters. The highest BCUT2D eigenvalue weighted by Gasteiger charge is 2.43. The van der Waals surface area contributed by atoms with Crippen LogP contribution in [0.4, 0.5) is 4.79 Å². The van der Waals surface area contributed by atoms with Gasteiger partial charge in [-0.1, -0.05) is 5.92 Å². The third-order valence-electron chi connectivity index (χ3n) is 2.97. The first-order valence-corrected chi connectivity index (χ1v) is 7.70. The third kappa shape index (κ3) is 6.49. The van der Waals surface area contributed by atoms with Gasteiger partial charge in [-0.15, -0.1) is 6.42 Å². The van der Waals surface area contributed by atoms with Gasteiger partial charge in [-0.25, -0.2) is 9.59 Å². The van der Waals surface area contributed by atoms with Gasteiger partial charge in [-0.3, -0.25) is 4.90 Å². The van der Waals surface area contributed by atoms with E-state index in [1.165, 1.54) is 4.90 Å². The summed E-state index contributed by atoms with van der Waals surface area (Å²) in [6.45, 7) is 11.0. The molecular weight excluding hydrogens is 298 g/mol. The molecule has 0 aromatic heterocycles. The molecule has 1 aliphatic rings. The number of ether oxygens (including phenoxy) is 3. The van der Waals surface area contributed by atoms with Crippen LogP contribution in [0.1, 0.15) is 48.0 Å². The van der Waals surface area contributed by atoms with Gasteiger partial charge in [0.05, 0.1) is 12.6 Å². The Morgan fingerprint density at radius 3 is 2.17 bits per heavy atom. The third-order valence-corrected chi connectivity index (χ3v) is 2.97. The molecule has 0 aromatic carbocycles. The molecule has 0 spiro atoms. The first-order valence-electron chi connectivity index (χ1n) is 7.70. The quantitative estimate of drug-likeness (QED) is 0.589. The SMILES string of the molecule is C#CCOC1CC(C(=O)OC(C)(C)C)N(C(=O)OC(C)(C)C)C1. The van der Waals surface area contributed by atoms with E-state index in [2.05, 4.69) is 5.92 Å². The zero-order chi connectivity index (χ0) is 17.8. The van der Waals surface area contributed by atoms with Crippen molar-refractivity contribution < 1.29 is 23.8 Å². The Hall–Kier alpha value is -1.74. The Balaban J connectivity index is 2.86. The largest absolute Gasteiger partial charge is 0.458 e. The molecule has 6 heteroatoms. The van der Waals surface area contributed by atoms with Gasteiger partial charge in [0.2, 0.25) is 0 Å². The molecule has 1 amide bonds. The molecule has 1 aliphatic heterocycles. The van der Waals surface area contributed by atoms with E-state index in [4.69, 9.17) is 20.6 Å². The number of amides is 1. The number of nitrogens with zero attached hydrogens (tertiary/aromatic N) is 1. The van der Waals surface area contributed by atoms with E-state index in [1.54, 1.807) is 41.5 Å². The highest BCUT2D eigenvalue weighted by molar-refractivity contribution is 5.82. The molecule has 0 bridgehead atoms. The Bertz CT molecular complexity index is 445. The highest BCUT2D eigenvalue weighted by atomic mass is 16.6. The van der Waals surface area contributed by atoms with Crippen molar-refractivity contribution in [1.82, 2.24) is 4.90 Å². The first-order chi connectivity index (χ1) is 10.4. The number of esters is 1.